The molecule has 4 atom stereocenters. The fourth-order valence-corrected chi connectivity index (χ4v) is 3.51. The molecule has 1 aliphatic rings. The normalized spacial score (nSPS) is 33.9. The zero-order valence-corrected chi connectivity index (χ0v) is 16.8. The van der Waals surface area contributed by atoms with Gasteiger partial charge >= 0.3 is 5.97 Å². The summed E-state index contributed by atoms with van der Waals surface area (Å²) in [5.74, 6) is -0.787. The minimum atomic E-state index is -0.713. The summed E-state index contributed by atoms with van der Waals surface area (Å²) in [7, 11) is 5.69. The number of hydrogen-bond donors (Lipinski definition) is 1. The maximum atomic E-state index is 12.4. The second-order valence-electron chi connectivity index (χ2n) is 7.77. The number of cyclic esters (lactones) is 1. The quantitative estimate of drug-likeness (QED) is 0.613. The summed E-state index contributed by atoms with van der Waals surface area (Å²) >= 11 is 0. The lowest BCUT2D eigenvalue weighted by molar-refractivity contribution is -0.153. The Hall–Kier alpha value is -0.980. The molecule has 0 radical (unpaired) electrons. The molecule has 0 aromatic heterocycles. The number of nitrogens with zero attached hydrogens (tertiary/aromatic N) is 1. The Morgan fingerprint density at radius 1 is 1.36 bits per heavy atom. The molecule has 0 bridgehead atoms. The van der Waals surface area contributed by atoms with Gasteiger partial charge in [0.2, 0.25) is 0 Å². The van der Waals surface area contributed by atoms with Gasteiger partial charge in [0, 0.05) is 26.1 Å². The Labute approximate surface area is 152 Å². The van der Waals surface area contributed by atoms with E-state index in [1.807, 2.05) is 7.05 Å². The molecular weight excluding hydrogens is 320 g/mol. The van der Waals surface area contributed by atoms with Crippen LogP contribution in [0.15, 0.2) is 0 Å². The molecule has 25 heavy (non-hydrogen) atoms. The molecule has 6 heteroatoms. The zero-order valence-electron chi connectivity index (χ0n) is 16.8. The summed E-state index contributed by atoms with van der Waals surface area (Å²) in [6.07, 6.45) is 2.73. The highest BCUT2D eigenvalue weighted by Crippen LogP contribution is 2.28. The second kappa shape index (κ2) is 10.2. The van der Waals surface area contributed by atoms with Crippen molar-refractivity contribution in [1.82, 2.24) is 10.2 Å². The number of ether oxygens (including phenoxy) is 2. The number of nitrogens with one attached hydrogen (secondary N) is 1. The number of likely N-dealkylation sites (N-methyl/N-ethyl adjacent to an activating group) is 1. The van der Waals surface area contributed by atoms with Crippen LogP contribution < -0.4 is 5.32 Å². The molecule has 1 saturated heterocycles. The van der Waals surface area contributed by atoms with E-state index >= 15 is 0 Å². The van der Waals surface area contributed by atoms with Crippen molar-refractivity contribution in [3.8, 4) is 0 Å². The lowest BCUT2D eigenvalue weighted by Gasteiger charge is -2.34. The number of Topliss-reactive ketones (excluding diaryl/α,β-unsaturated/α-hetero) is 1. The molecule has 0 aromatic rings. The monoisotopic (exact) mass is 356 g/mol. The maximum Gasteiger partial charge on any atom is 0.316 e. The molecule has 2 unspecified atom stereocenters. The van der Waals surface area contributed by atoms with E-state index in [1.165, 1.54) is 0 Å². The molecule has 1 rings (SSSR count). The second-order valence-corrected chi connectivity index (χ2v) is 7.77. The van der Waals surface area contributed by atoms with Crippen molar-refractivity contribution in [2.24, 2.45) is 11.8 Å². The third-order valence-corrected chi connectivity index (χ3v) is 5.38. The van der Waals surface area contributed by atoms with Gasteiger partial charge in [-0.25, -0.2) is 0 Å². The molecule has 146 valence electrons. The van der Waals surface area contributed by atoms with Gasteiger partial charge in [-0.2, -0.15) is 0 Å². The largest absolute Gasteiger partial charge is 0.463 e. The number of ketones is 1. The summed E-state index contributed by atoms with van der Waals surface area (Å²) in [4.78, 5) is 26.9. The summed E-state index contributed by atoms with van der Waals surface area (Å²) < 4.78 is 11.2. The van der Waals surface area contributed by atoms with Crippen molar-refractivity contribution >= 4 is 11.8 Å². The van der Waals surface area contributed by atoms with E-state index in [0.717, 1.165) is 25.9 Å². The number of hydrogen-bond acceptors (Lipinski definition) is 6. The van der Waals surface area contributed by atoms with Gasteiger partial charge < -0.3 is 14.8 Å². The Bertz CT molecular complexity index is 443. The molecule has 0 spiro atoms. The van der Waals surface area contributed by atoms with Gasteiger partial charge in [0.1, 0.15) is 18.3 Å². The lowest BCUT2D eigenvalue weighted by atomic mass is 9.86. The van der Waals surface area contributed by atoms with Crippen LogP contribution in [0.25, 0.3) is 0 Å². The molecule has 0 amide bonds. The van der Waals surface area contributed by atoms with Gasteiger partial charge in [-0.1, -0.05) is 6.92 Å². The molecule has 1 fully saturated rings. The summed E-state index contributed by atoms with van der Waals surface area (Å²) in [6.45, 7) is 7.97. The predicted octanol–water partition coefficient (Wildman–Crippen LogP) is 1.87. The maximum absolute atomic E-state index is 12.4. The molecule has 0 saturated carbocycles. The van der Waals surface area contributed by atoms with Crippen LogP contribution in [0.4, 0.5) is 0 Å². The number of carbonyl (C=O) groups is 2. The molecular formula is C19H36N2O4. The Balaban J connectivity index is 2.96. The van der Waals surface area contributed by atoms with Crippen LogP contribution >= 0.6 is 0 Å². The third kappa shape index (κ3) is 7.04. The van der Waals surface area contributed by atoms with Crippen LogP contribution in [0.3, 0.4) is 0 Å². The molecule has 1 aliphatic heterocycles. The standard InChI is InChI=1S/C19H36N2O4/c1-14-11-19(3,24-6)9-7-17(22)15(2)18(23)25-13-16(8-10-20-4)21(5)12-14/h14-16,20H,7-13H2,1-6H3/t14?,15?,16-,19+/m1/s1. The van der Waals surface area contributed by atoms with E-state index in [0.29, 0.717) is 25.4 Å². The zero-order chi connectivity index (χ0) is 19.0. The topological polar surface area (TPSA) is 67.9 Å². The molecule has 0 aliphatic carbocycles. The van der Waals surface area contributed by atoms with E-state index in [4.69, 9.17) is 9.47 Å². The van der Waals surface area contributed by atoms with Crippen LogP contribution in [0.1, 0.15) is 46.5 Å². The van der Waals surface area contributed by atoms with Crippen molar-refractivity contribution in [3.05, 3.63) is 0 Å². The van der Waals surface area contributed by atoms with E-state index in [2.05, 4.69) is 31.1 Å². The lowest BCUT2D eigenvalue weighted by Crippen LogP contribution is -2.42. The van der Waals surface area contributed by atoms with Crippen LogP contribution in [-0.4, -0.2) is 69.2 Å². The minimum Gasteiger partial charge on any atom is -0.463 e. The fourth-order valence-electron chi connectivity index (χ4n) is 3.51. The van der Waals surface area contributed by atoms with Gasteiger partial charge in [-0.15, -0.1) is 0 Å². The number of methoxy groups -OCH3 is 1. The summed E-state index contributed by atoms with van der Waals surface area (Å²) in [5.41, 5.74) is -0.353. The highest BCUT2D eigenvalue weighted by atomic mass is 16.5. The Kier molecular flexibility index (Phi) is 9.03. The number of rotatable bonds is 4. The number of esters is 1. The first-order valence-corrected chi connectivity index (χ1v) is 9.31. The average Bonchev–Trinajstić information content (AvgIpc) is 2.58. The molecule has 1 heterocycles. The minimum absolute atomic E-state index is 0.0692. The molecule has 0 aromatic carbocycles. The average molecular weight is 357 g/mol. The van der Waals surface area contributed by atoms with Crippen molar-refractivity contribution in [2.45, 2.75) is 58.1 Å². The first-order chi connectivity index (χ1) is 11.7. The van der Waals surface area contributed by atoms with Crippen LogP contribution in [0.2, 0.25) is 0 Å². The SMILES string of the molecule is CNCC[C@@H]1COC(=O)C(C)C(=O)CC[C@](C)(OC)CC(C)CN1C. The molecule has 6 nitrogen and oxygen atoms in total. The Morgan fingerprint density at radius 2 is 2.04 bits per heavy atom. The smallest absolute Gasteiger partial charge is 0.316 e. The van der Waals surface area contributed by atoms with Gasteiger partial charge in [0.25, 0.3) is 0 Å². The van der Waals surface area contributed by atoms with Crippen molar-refractivity contribution in [2.75, 3.05) is 40.9 Å². The van der Waals surface area contributed by atoms with Crippen LogP contribution in [0.5, 0.6) is 0 Å². The highest BCUT2D eigenvalue weighted by molar-refractivity contribution is 5.98. The van der Waals surface area contributed by atoms with Crippen molar-refractivity contribution < 1.29 is 19.1 Å². The van der Waals surface area contributed by atoms with E-state index < -0.39 is 11.9 Å². The van der Waals surface area contributed by atoms with Crippen molar-refractivity contribution in [1.29, 1.82) is 0 Å². The van der Waals surface area contributed by atoms with Gasteiger partial charge in [0.05, 0.1) is 5.60 Å². The molecule has 1 N–H and O–H groups in total. The number of carbonyl (C=O) groups excluding carboxylic acids is 2. The summed E-state index contributed by atoms with van der Waals surface area (Å²) in [5, 5.41) is 3.15. The van der Waals surface area contributed by atoms with Crippen LogP contribution in [0, 0.1) is 11.8 Å². The Morgan fingerprint density at radius 3 is 2.64 bits per heavy atom. The summed E-state index contributed by atoms with van der Waals surface area (Å²) in [6, 6.07) is 0.135. The van der Waals surface area contributed by atoms with Crippen molar-refractivity contribution in [3.63, 3.8) is 0 Å². The van der Waals surface area contributed by atoms with Crippen LogP contribution in [-0.2, 0) is 19.1 Å². The van der Waals surface area contributed by atoms with E-state index in [1.54, 1.807) is 14.0 Å². The van der Waals surface area contributed by atoms with Gasteiger partial charge in [-0.3, -0.25) is 14.5 Å². The predicted molar refractivity (Wildman–Crippen MR) is 98.5 cm³/mol. The fraction of sp³-hybridized carbons (Fsp3) is 0.895. The third-order valence-electron chi connectivity index (χ3n) is 5.38. The van der Waals surface area contributed by atoms with Gasteiger partial charge in [0.15, 0.2) is 0 Å². The highest BCUT2D eigenvalue weighted by Gasteiger charge is 2.32. The van der Waals surface area contributed by atoms with Gasteiger partial charge in [-0.05, 0) is 59.7 Å². The first-order valence-electron chi connectivity index (χ1n) is 9.31. The van der Waals surface area contributed by atoms with E-state index in [-0.39, 0.29) is 17.4 Å². The first kappa shape index (κ1) is 22.1. The van der Waals surface area contributed by atoms with E-state index in [9.17, 15) is 9.59 Å².